The Morgan fingerprint density at radius 1 is 1.10 bits per heavy atom. The number of carbonyl (C=O) groups excluding carboxylic acids is 1. The fourth-order valence-corrected chi connectivity index (χ4v) is 5.56. The highest BCUT2D eigenvalue weighted by Crippen LogP contribution is 2.30. The third kappa shape index (κ3) is 4.97. The molecule has 0 amide bonds. The maximum atomic E-state index is 12.5. The number of hydrogen-bond acceptors (Lipinski definition) is 8. The van der Waals surface area contributed by atoms with Crippen LogP contribution in [0.25, 0.3) is 21.7 Å². The van der Waals surface area contributed by atoms with Crippen LogP contribution in [0, 0.1) is 13.8 Å². The van der Waals surface area contributed by atoms with Crippen molar-refractivity contribution < 1.29 is 13.2 Å². The van der Waals surface area contributed by atoms with Crippen molar-refractivity contribution in [2.75, 3.05) is 6.26 Å². The molecular formula is C21H20N4O3S3. The van der Waals surface area contributed by atoms with Crippen molar-refractivity contribution in [3.05, 3.63) is 57.7 Å². The van der Waals surface area contributed by atoms with Gasteiger partial charge in [0.05, 0.1) is 45.3 Å². The molecule has 0 saturated carbocycles. The van der Waals surface area contributed by atoms with Crippen LogP contribution in [0.5, 0.6) is 0 Å². The largest absolute Gasteiger partial charge is 0.297 e. The summed E-state index contributed by atoms with van der Waals surface area (Å²) in [7, 11) is -3.23. The van der Waals surface area contributed by atoms with Crippen LogP contribution in [-0.2, 0) is 27.6 Å². The fraction of sp³-hybridized carbons (Fsp3) is 0.238. The van der Waals surface area contributed by atoms with Crippen LogP contribution in [0.4, 0.5) is 0 Å². The smallest absolute Gasteiger partial charge is 0.175 e. The minimum absolute atomic E-state index is 0.0141. The number of sulfone groups is 1. The van der Waals surface area contributed by atoms with Crippen LogP contribution in [0.2, 0.25) is 0 Å². The van der Waals surface area contributed by atoms with E-state index in [9.17, 15) is 13.2 Å². The number of aromatic nitrogens is 4. The molecule has 10 heteroatoms. The van der Waals surface area contributed by atoms with E-state index in [4.69, 9.17) is 0 Å². The van der Waals surface area contributed by atoms with Crippen LogP contribution in [0.1, 0.15) is 15.7 Å². The first-order chi connectivity index (χ1) is 14.7. The molecule has 31 heavy (non-hydrogen) atoms. The molecule has 0 N–H and O–H groups in total. The van der Waals surface area contributed by atoms with Crippen LogP contribution < -0.4 is 0 Å². The van der Waals surface area contributed by atoms with Crippen molar-refractivity contribution in [1.82, 2.24) is 19.7 Å². The quantitative estimate of drug-likeness (QED) is 0.404. The first-order valence-electron chi connectivity index (χ1n) is 9.42. The van der Waals surface area contributed by atoms with Gasteiger partial charge < -0.3 is 0 Å². The zero-order chi connectivity index (χ0) is 22.2. The third-order valence-corrected chi connectivity index (χ3v) is 7.70. The third-order valence-electron chi connectivity index (χ3n) is 4.62. The van der Waals surface area contributed by atoms with E-state index in [1.807, 2.05) is 19.2 Å². The minimum atomic E-state index is -3.23. The Kier molecular flexibility index (Phi) is 5.87. The SMILES string of the molecule is Cc1nc(C)c(-c2csc(CC(=O)Cn3cc(-c4ccc(S(C)(=O)=O)cc4)cn3)n2)s1. The standard InChI is InChI=1S/C21H20N4O3S3/c1-13-21(30-14(2)23-13)19-12-29-20(24-19)8-17(26)11-25-10-16(9-22-25)15-4-6-18(7-5-15)31(3,27)28/h4-7,9-10,12H,8,11H2,1-3H3. The molecule has 0 saturated heterocycles. The van der Waals surface area contributed by atoms with Gasteiger partial charge in [-0.3, -0.25) is 9.48 Å². The molecule has 0 fully saturated rings. The molecule has 0 spiro atoms. The van der Waals surface area contributed by atoms with Gasteiger partial charge in [-0.15, -0.1) is 22.7 Å². The van der Waals surface area contributed by atoms with Gasteiger partial charge in [-0.05, 0) is 31.5 Å². The molecule has 1 aromatic carbocycles. The van der Waals surface area contributed by atoms with Gasteiger partial charge in [0, 0.05) is 23.4 Å². The highest BCUT2D eigenvalue weighted by atomic mass is 32.2. The molecule has 4 rings (SSSR count). The maximum absolute atomic E-state index is 12.5. The van der Waals surface area contributed by atoms with Gasteiger partial charge in [0.15, 0.2) is 15.6 Å². The van der Waals surface area contributed by atoms with E-state index >= 15 is 0 Å². The van der Waals surface area contributed by atoms with E-state index < -0.39 is 9.84 Å². The van der Waals surface area contributed by atoms with Crippen LogP contribution in [0.15, 0.2) is 46.9 Å². The van der Waals surface area contributed by atoms with E-state index in [1.165, 1.54) is 17.6 Å². The summed E-state index contributed by atoms with van der Waals surface area (Å²) < 4.78 is 24.8. The van der Waals surface area contributed by atoms with Crippen molar-refractivity contribution in [2.45, 2.75) is 31.7 Å². The van der Waals surface area contributed by atoms with E-state index in [0.29, 0.717) is 0 Å². The summed E-state index contributed by atoms with van der Waals surface area (Å²) in [5, 5.41) is 8.00. The highest BCUT2D eigenvalue weighted by Gasteiger charge is 2.14. The molecule has 3 aromatic heterocycles. The van der Waals surface area contributed by atoms with Gasteiger partial charge in [-0.25, -0.2) is 18.4 Å². The number of Topliss-reactive ketones (excluding diaryl/α,β-unsaturated/α-hetero) is 1. The van der Waals surface area contributed by atoms with Gasteiger partial charge in [-0.2, -0.15) is 5.10 Å². The highest BCUT2D eigenvalue weighted by molar-refractivity contribution is 7.90. The van der Waals surface area contributed by atoms with Gasteiger partial charge >= 0.3 is 0 Å². The zero-order valence-electron chi connectivity index (χ0n) is 17.2. The molecule has 4 aromatic rings. The molecule has 0 radical (unpaired) electrons. The number of hydrogen-bond donors (Lipinski definition) is 0. The van der Waals surface area contributed by atoms with Crippen LogP contribution >= 0.6 is 22.7 Å². The molecule has 0 aliphatic rings. The second-order valence-corrected chi connectivity index (χ2v) is 11.4. The van der Waals surface area contributed by atoms with Crippen molar-refractivity contribution in [2.24, 2.45) is 0 Å². The summed E-state index contributed by atoms with van der Waals surface area (Å²) >= 11 is 3.08. The van der Waals surface area contributed by atoms with E-state index in [0.717, 1.165) is 37.4 Å². The topological polar surface area (TPSA) is 94.8 Å². The number of carbonyl (C=O) groups is 1. The first-order valence-corrected chi connectivity index (χ1v) is 13.0. The van der Waals surface area contributed by atoms with Crippen molar-refractivity contribution in [1.29, 1.82) is 0 Å². The Bertz CT molecular complexity index is 1350. The van der Waals surface area contributed by atoms with E-state index in [-0.39, 0.29) is 23.6 Å². The molecule has 7 nitrogen and oxygen atoms in total. The van der Waals surface area contributed by atoms with E-state index in [1.54, 1.807) is 52.7 Å². The normalized spacial score (nSPS) is 11.7. The molecule has 0 atom stereocenters. The lowest BCUT2D eigenvalue weighted by Crippen LogP contribution is -2.12. The zero-order valence-corrected chi connectivity index (χ0v) is 19.6. The number of nitrogens with zero attached hydrogens (tertiary/aromatic N) is 4. The summed E-state index contributed by atoms with van der Waals surface area (Å²) in [6.07, 6.45) is 4.87. The first kappa shape index (κ1) is 21.5. The Morgan fingerprint density at radius 2 is 1.84 bits per heavy atom. The van der Waals surface area contributed by atoms with Crippen molar-refractivity contribution >= 4 is 38.3 Å². The summed E-state index contributed by atoms with van der Waals surface area (Å²) in [6.45, 7) is 4.08. The number of ketones is 1. The molecular weight excluding hydrogens is 452 g/mol. The predicted octanol–water partition coefficient (Wildman–Crippen LogP) is 3.96. The second kappa shape index (κ2) is 8.45. The summed E-state index contributed by atoms with van der Waals surface area (Å²) in [5.74, 6) is 0.0141. The molecule has 160 valence electrons. The van der Waals surface area contributed by atoms with Crippen LogP contribution in [0.3, 0.4) is 0 Å². The van der Waals surface area contributed by atoms with Gasteiger partial charge in [0.1, 0.15) is 5.01 Å². The number of aryl methyl sites for hydroxylation is 2. The molecule has 0 aliphatic carbocycles. The molecule has 0 bridgehead atoms. The lowest BCUT2D eigenvalue weighted by Gasteiger charge is -2.01. The van der Waals surface area contributed by atoms with Gasteiger partial charge in [0.2, 0.25) is 0 Å². The molecule has 0 unspecified atom stereocenters. The Labute approximate surface area is 188 Å². The fourth-order valence-electron chi connectivity index (χ4n) is 3.16. The Morgan fingerprint density at radius 3 is 2.48 bits per heavy atom. The number of thiazole rings is 2. The summed E-state index contributed by atoms with van der Waals surface area (Å²) in [4.78, 5) is 22.9. The summed E-state index contributed by atoms with van der Waals surface area (Å²) in [6, 6.07) is 6.61. The van der Waals surface area contributed by atoms with Gasteiger partial charge in [-0.1, -0.05) is 12.1 Å². The molecule has 3 heterocycles. The van der Waals surface area contributed by atoms with Gasteiger partial charge in [0.25, 0.3) is 0 Å². The van der Waals surface area contributed by atoms with Crippen LogP contribution in [-0.4, -0.2) is 40.2 Å². The van der Waals surface area contributed by atoms with Crippen molar-refractivity contribution in [3.63, 3.8) is 0 Å². The Balaban J connectivity index is 1.41. The number of rotatable bonds is 7. The minimum Gasteiger partial charge on any atom is -0.297 e. The monoisotopic (exact) mass is 472 g/mol. The molecule has 0 aliphatic heterocycles. The lowest BCUT2D eigenvalue weighted by atomic mass is 10.1. The summed E-state index contributed by atoms with van der Waals surface area (Å²) in [5.41, 5.74) is 3.49. The predicted molar refractivity (Wildman–Crippen MR) is 122 cm³/mol. The maximum Gasteiger partial charge on any atom is 0.175 e. The lowest BCUT2D eigenvalue weighted by molar-refractivity contribution is -0.119. The average Bonchev–Trinajstić information content (AvgIpc) is 3.42. The number of benzene rings is 1. The second-order valence-electron chi connectivity index (χ2n) is 7.21. The Hall–Kier alpha value is -2.69. The van der Waals surface area contributed by atoms with Crippen molar-refractivity contribution in [3.8, 4) is 21.7 Å². The van der Waals surface area contributed by atoms with E-state index in [2.05, 4.69) is 15.1 Å². The average molecular weight is 473 g/mol.